The van der Waals surface area contributed by atoms with E-state index in [1.807, 2.05) is 19.1 Å². The Hall–Kier alpha value is -1.91. The topological polar surface area (TPSA) is 62.3 Å². The second kappa shape index (κ2) is 4.64. The summed E-state index contributed by atoms with van der Waals surface area (Å²) in [5, 5.41) is 2.70. The van der Waals surface area contributed by atoms with Crippen molar-refractivity contribution in [2.45, 2.75) is 45.8 Å². The quantitative estimate of drug-likeness (QED) is 0.864. The normalized spacial score (nSPS) is 22.3. The number of hydrogen-bond donors (Lipinski definition) is 1. The minimum Gasteiger partial charge on any atom is -0.343 e. The molecular weight excluding hydrogens is 242 g/mol. The molecule has 5 nitrogen and oxygen atoms in total. The predicted molar refractivity (Wildman–Crippen MR) is 71.2 cm³/mol. The number of pyridine rings is 1. The van der Waals surface area contributed by atoms with Crippen LogP contribution in [0.25, 0.3) is 0 Å². The van der Waals surface area contributed by atoms with Crippen LogP contribution < -0.4 is 5.32 Å². The molecule has 2 rings (SSSR count). The second-order valence-electron chi connectivity index (χ2n) is 5.45. The highest BCUT2D eigenvalue weighted by Crippen LogP contribution is 2.23. The maximum absolute atomic E-state index is 12.3. The van der Waals surface area contributed by atoms with Crippen LogP contribution in [-0.2, 0) is 16.1 Å². The van der Waals surface area contributed by atoms with Crippen molar-refractivity contribution >= 4 is 11.8 Å². The SMILES string of the molecule is Cc1cccnc1CN1C(=O)C(C)NC(=O)C1(C)C. The van der Waals surface area contributed by atoms with E-state index in [1.165, 1.54) is 0 Å². The molecule has 1 aliphatic heterocycles. The highest BCUT2D eigenvalue weighted by atomic mass is 16.2. The summed E-state index contributed by atoms with van der Waals surface area (Å²) in [6, 6.07) is 3.33. The maximum atomic E-state index is 12.3. The number of piperazine rings is 1. The molecule has 1 aliphatic rings. The van der Waals surface area contributed by atoms with Crippen LogP contribution in [0, 0.1) is 6.92 Å². The largest absolute Gasteiger partial charge is 0.343 e. The first-order valence-electron chi connectivity index (χ1n) is 6.37. The fourth-order valence-electron chi connectivity index (χ4n) is 2.18. The first-order valence-corrected chi connectivity index (χ1v) is 6.37. The van der Waals surface area contributed by atoms with Gasteiger partial charge in [-0.15, -0.1) is 0 Å². The zero-order valence-electron chi connectivity index (χ0n) is 11.7. The minimum atomic E-state index is -0.854. The number of amides is 2. The fourth-order valence-corrected chi connectivity index (χ4v) is 2.18. The summed E-state index contributed by atoms with van der Waals surface area (Å²) in [6.45, 7) is 7.52. The highest BCUT2D eigenvalue weighted by Gasteiger charge is 2.44. The number of nitrogens with zero attached hydrogens (tertiary/aromatic N) is 2. The van der Waals surface area contributed by atoms with E-state index < -0.39 is 11.6 Å². The molecule has 1 unspecified atom stereocenters. The molecule has 0 aliphatic carbocycles. The van der Waals surface area contributed by atoms with Crippen molar-refractivity contribution < 1.29 is 9.59 Å². The van der Waals surface area contributed by atoms with Gasteiger partial charge in [-0.2, -0.15) is 0 Å². The summed E-state index contributed by atoms with van der Waals surface area (Å²) in [6.07, 6.45) is 1.70. The van der Waals surface area contributed by atoms with E-state index in [2.05, 4.69) is 10.3 Å². The van der Waals surface area contributed by atoms with Crippen molar-refractivity contribution in [3.05, 3.63) is 29.6 Å². The van der Waals surface area contributed by atoms with Gasteiger partial charge in [0.2, 0.25) is 11.8 Å². The van der Waals surface area contributed by atoms with Crippen molar-refractivity contribution in [1.29, 1.82) is 0 Å². The van der Waals surface area contributed by atoms with Crippen LogP contribution in [0.1, 0.15) is 32.0 Å². The summed E-state index contributed by atoms with van der Waals surface area (Å²) in [5.74, 6) is -0.206. The molecule has 2 heterocycles. The Labute approximate surface area is 113 Å². The summed E-state index contributed by atoms with van der Waals surface area (Å²) < 4.78 is 0. The van der Waals surface area contributed by atoms with E-state index in [4.69, 9.17) is 0 Å². The molecule has 1 fully saturated rings. The minimum absolute atomic E-state index is 0.0744. The number of nitrogens with one attached hydrogen (secondary N) is 1. The van der Waals surface area contributed by atoms with E-state index in [-0.39, 0.29) is 11.8 Å². The molecule has 19 heavy (non-hydrogen) atoms. The molecule has 0 radical (unpaired) electrons. The Balaban J connectivity index is 2.33. The van der Waals surface area contributed by atoms with Gasteiger partial charge >= 0.3 is 0 Å². The fraction of sp³-hybridized carbons (Fsp3) is 0.500. The molecule has 1 aromatic heterocycles. The van der Waals surface area contributed by atoms with Crippen molar-refractivity contribution in [3.8, 4) is 0 Å². The Kier molecular flexibility index (Phi) is 3.30. The average molecular weight is 261 g/mol. The van der Waals surface area contributed by atoms with Gasteiger partial charge < -0.3 is 10.2 Å². The van der Waals surface area contributed by atoms with Crippen LogP contribution in [0.5, 0.6) is 0 Å². The number of aromatic nitrogens is 1. The van der Waals surface area contributed by atoms with Gasteiger partial charge in [0, 0.05) is 6.20 Å². The summed E-state index contributed by atoms with van der Waals surface area (Å²) in [5.41, 5.74) is 0.989. The Bertz CT molecular complexity index is 525. The Morgan fingerprint density at radius 2 is 2.11 bits per heavy atom. The van der Waals surface area contributed by atoms with E-state index in [0.717, 1.165) is 11.3 Å². The number of rotatable bonds is 2. The lowest BCUT2D eigenvalue weighted by molar-refractivity contribution is -0.155. The molecule has 102 valence electrons. The van der Waals surface area contributed by atoms with Crippen LogP contribution >= 0.6 is 0 Å². The molecule has 2 amide bonds. The van der Waals surface area contributed by atoms with Crippen LogP contribution in [0.2, 0.25) is 0 Å². The van der Waals surface area contributed by atoms with Gasteiger partial charge in [0.05, 0.1) is 12.2 Å². The monoisotopic (exact) mass is 261 g/mol. The average Bonchev–Trinajstić information content (AvgIpc) is 2.35. The molecule has 1 saturated heterocycles. The van der Waals surface area contributed by atoms with Crippen molar-refractivity contribution in [1.82, 2.24) is 15.2 Å². The third-order valence-electron chi connectivity index (χ3n) is 3.64. The van der Waals surface area contributed by atoms with Gasteiger partial charge in [0.1, 0.15) is 11.6 Å². The summed E-state index contributed by atoms with van der Waals surface area (Å²) >= 11 is 0. The lowest BCUT2D eigenvalue weighted by Gasteiger charge is -2.43. The molecule has 0 saturated carbocycles. The third-order valence-corrected chi connectivity index (χ3v) is 3.64. The van der Waals surface area contributed by atoms with Crippen molar-refractivity contribution in [3.63, 3.8) is 0 Å². The molecular formula is C14H19N3O2. The van der Waals surface area contributed by atoms with Crippen LogP contribution in [0.15, 0.2) is 18.3 Å². The Morgan fingerprint density at radius 1 is 1.42 bits per heavy atom. The standard InChI is InChI=1S/C14H19N3O2/c1-9-6-5-7-15-11(9)8-17-12(18)10(2)16-13(19)14(17,3)4/h5-7,10H,8H2,1-4H3,(H,16,19). The highest BCUT2D eigenvalue weighted by molar-refractivity contribution is 5.99. The van der Waals surface area contributed by atoms with E-state index in [9.17, 15) is 9.59 Å². The third kappa shape index (κ3) is 2.32. The van der Waals surface area contributed by atoms with Crippen LogP contribution in [0.4, 0.5) is 0 Å². The van der Waals surface area contributed by atoms with Gasteiger partial charge in [-0.05, 0) is 39.3 Å². The smallest absolute Gasteiger partial charge is 0.246 e. The summed E-state index contributed by atoms with van der Waals surface area (Å²) in [7, 11) is 0. The molecule has 0 bridgehead atoms. The number of aryl methyl sites for hydroxylation is 1. The first kappa shape index (κ1) is 13.5. The molecule has 1 atom stereocenters. The van der Waals surface area contributed by atoms with Gasteiger partial charge in [-0.1, -0.05) is 6.07 Å². The maximum Gasteiger partial charge on any atom is 0.246 e. The number of hydrogen-bond acceptors (Lipinski definition) is 3. The first-order chi connectivity index (χ1) is 8.84. The van der Waals surface area contributed by atoms with Crippen molar-refractivity contribution in [2.75, 3.05) is 0 Å². The molecule has 5 heteroatoms. The second-order valence-corrected chi connectivity index (χ2v) is 5.45. The molecule has 0 spiro atoms. The molecule has 0 aromatic carbocycles. The number of carbonyl (C=O) groups excluding carboxylic acids is 2. The zero-order chi connectivity index (χ0) is 14.2. The number of carbonyl (C=O) groups is 2. The van der Waals surface area contributed by atoms with Crippen molar-refractivity contribution in [2.24, 2.45) is 0 Å². The van der Waals surface area contributed by atoms with Crippen LogP contribution in [0.3, 0.4) is 0 Å². The molecule has 1 aromatic rings. The van der Waals surface area contributed by atoms with E-state index in [1.54, 1.807) is 31.9 Å². The lowest BCUT2D eigenvalue weighted by Crippen LogP contribution is -2.67. The van der Waals surface area contributed by atoms with Gasteiger partial charge in [-0.25, -0.2) is 0 Å². The van der Waals surface area contributed by atoms with Crippen LogP contribution in [-0.4, -0.2) is 33.3 Å². The Morgan fingerprint density at radius 3 is 2.74 bits per heavy atom. The van der Waals surface area contributed by atoms with E-state index >= 15 is 0 Å². The lowest BCUT2D eigenvalue weighted by atomic mass is 9.95. The van der Waals surface area contributed by atoms with E-state index in [0.29, 0.717) is 6.54 Å². The molecule has 1 N–H and O–H groups in total. The predicted octanol–water partition coefficient (Wildman–Crippen LogP) is 1.02. The zero-order valence-corrected chi connectivity index (χ0v) is 11.7. The summed E-state index contributed by atoms with van der Waals surface area (Å²) in [4.78, 5) is 30.2. The van der Waals surface area contributed by atoms with Gasteiger partial charge in [-0.3, -0.25) is 14.6 Å². The van der Waals surface area contributed by atoms with Gasteiger partial charge in [0.15, 0.2) is 0 Å². The van der Waals surface area contributed by atoms with Gasteiger partial charge in [0.25, 0.3) is 0 Å².